The maximum Gasteiger partial charge on any atom is 0.227 e. The van der Waals surface area contributed by atoms with Gasteiger partial charge in [0, 0.05) is 5.92 Å². The first-order chi connectivity index (χ1) is 7.56. The van der Waals surface area contributed by atoms with E-state index in [4.69, 9.17) is 17.3 Å². The molecule has 16 heavy (non-hydrogen) atoms. The van der Waals surface area contributed by atoms with Crippen LogP contribution in [0, 0.1) is 11.7 Å². The molecule has 0 aliphatic carbocycles. The molecule has 1 unspecified atom stereocenters. The van der Waals surface area contributed by atoms with Gasteiger partial charge in [0.15, 0.2) is 0 Å². The number of rotatable bonds is 4. The fraction of sp³-hybridized carbons (Fsp3) is 0.364. The molecule has 1 amide bonds. The van der Waals surface area contributed by atoms with Crippen LogP contribution in [0.25, 0.3) is 0 Å². The highest BCUT2D eigenvalue weighted by Gasteiger charge is 2.15. The van der Waals surface area contributed by atoms with Crippen LogP contribution in [-0.2, 0) is 4.79 Å². The van der Waals surface area contributed by atoms with Gasteiger partial charge in [-0.2, -0.15) is 0 Å². The molecule has 0 saturated heterocycles. The highest BCUT2D eigenvalue weighted by molar-refractivity contribution is 6.33. The Labute approximate surface area is 98.8 Å². The summed E-state index contributed by atoms with van der Waals surface area (Å²) in [5.41, 5.74) is 5.37. The van der Waals surface area contributed by atoms with Crippen molar-refractivity contribution in [2.24, 2.45) is 11.7 Å². The lowest BCUT2D eigenvalue weighted by molar-refractivity contribution is -0.119. The Hall–Kier alpha value is -1.13. The third-order valence-corrected chi connectivity index (χ3v) is 2.57. The van der Waals surface area contributed by atoms with Crippen LogP contribution >= 0.6 is 11.6 Å². The van der Waals surface area contributed by atoms with Gasteiger partial charge in [0.1, 0.15) is 5.82 Å². The van der Waals surface area contributed by atoms with Crippen molar-refractivity contribution >= 4 is 23.2 Å². The van der Waals surface area contributed by atoms with Gasteiger partial charge in [-0.15, -0.1) is 0 Å². The molecule has 0 aliphatic rings. The van der Waals surface area contributed by atoms with E-state index in [-0.39, 0.29) is 22.5 Å². The third-order valence-electron chi connectivity index (χ3n) is 2.26. The van der Waals surface area contributed by atoms with E-state index < -0.39 is 5.82 Å². The summed E-state index contributed by atoms with van der Waals surface area (Å²) in [6.07, 6.45) is 0.553. The lowest BCUT2D eigenvalue weighted by atomic mass is 10.1. The SMILES string of the molecule is CC(CCN)C(=O)Nc1c(F)cccc1Cl. The Morgan fingerprint density at radius 3 is 2.88 bits per heavy atom. The summed E-state index contributed by atoms with van der Waals surface area (Å²) in [5, 5.41) is 2.65. The van der Waals surface area contributed by atoms with Crippen molar-refractivity contribution in [3.63, 3.8) is 0 Å². The Balaban J connectivity index is 2.77. The molecule has 0 fully saturated rings. The fourth-order valence-electron chi connectivity index (χ4n) is 1.24. The number of para-hydroxylation sites is 1. The number of nitrogens with one attached hydrogen (secondary N) is 1. The molecule has 0 heterocycles. The summed E-state index contributed by atoms with van der Waals surface area (Å²) in [6.45, 7) is 2.15. The second kappa shape index (κ2) is 5.82. The smallest absolute Gasteiger partial charge is 0.227 e. The lowest BCUT2D eigenvalue weighted by Crippen LogP contribution is -2.23. The summed E-state index contributed by atoms with van der Waals surface area (Å²) in [6, 6.07) is 4.25. The van der Waals surface area contributed by atoms with Gasteiger partial charge in [-0.25, -0.2) is 4.39 Å². The van der Waals surface area contributed by atoms with Crippen molar-refractivity contribution in [3.05, 3.63) is 29.0 Å². The van der Waals surface area contributed by atoms with Crippen molar-refractivity contribution in [2.45, 2.75) is 13.3 Å². The van der Waals surface area contributed by atoms with Gasteiger partial charge in [0.05, 0.1) is 10.7 Å². The van der Waals surface area contributed by atoms with Gasteiger partial charge < -0.3 is 11.1 Å². The molecular formula is C11H14ClFN2O. The van der Waals surface area contributed by atoms with E-state index in [1.807, 2.05) is 0 Å². The summed E-state index contributed by atoms with van der Waals surface area (Å²) in [5.74, 6) is -1.08. The molecule has 3 nitrogen and oxygen atoms in total. The summed E-state index contributed by atoms with van der Waals surface area (Å²) in [4.78, 5) is 11.6. The van der Waals surface area contributed by atoms with E-state index in [0.29, 0.717) is 13.0 Å². The monoisotopic (exact) mass is 244 g/mol. The molecule has 3 N–H and O–H groups in total. The Bertz CT molecular complexity index is 364. The van der Waals surface area contributed by atoms with Crippen LogP contribution < -0.4 is 11.1 Å². The van der Waals surface area contributed by atoms with Gasteiger partial charge in [-0.3, -0.25) is 4.79 Å². The normalized spacial score (nSPS) is 12.2. The minimum absolute atomic E-state index is 0.0260. The van der Waals surface area contributed by atoms with Crippen LogP contribution in [-0.4, -0.2) is 12.5 Å². The summed E-state index contributed by atoms with van der Waals surface area (Å²) < 4.78 is 13.3. The molecule has 0 spiro atoms. The van der Waals surface area contributed by atoms with Gasteiger partial charge in [0.2, 0.25) is 5.91 Å². The lowest BCUT2D eigenvalue weighted by Gasteiger charge is -2.12. The van der Waals surface area contributed by atoms with Crippen molar-refractivity contribution in [2.75, 3.05) is 11.9 Å². The van der Waals surface area contributed by atoms with E-state index in [1.54, 1.807) is 6.92 Å². The molecule has 88 valence electrons. The first-order valence-electron chi connectivity index (χ1n) is 5.01. The number of amides is 1. The number of halogens is 2. The zero-order valence-corrected chi connectivity index (χ0v) is 9.72. The van der Waals surface area contributed by atoms with Gasteiger partial charge >= 0.3 is 0 Å². The summed E-state index contributed by atoms with van der Waals surface area (Å²) >= 11 is 5.78. The van der Waals surface area contributed by atoms with E-state index >= 15 is 0 Å². The maximum absolute atomic E-state index is 13.3. The van der Waals surface area contributed by atoms with Crippen molar-refractivity contribution in [1.82, 2.24) is 0 Å². The molecule has 0 aliphatic heterocycles. The fourth-order valence-corrected chi connectivity index (χ4v) is 1.45. The Kier molecular flexibility index (Phi) is 4.71. The number of benzene rings is 1. The minimum atomic E-state index is -0.541. The number of anilines is 1. The number of carbonyl (C=O) groups is 1. The van der Waals surface area contributed by atoms with Gasteiger partial charge in [-0.05, 0) is 25.1 Å². The first-order valence-corrected chi connectivity index (χ1v) is 5.39. The number of nitrogens with two attached hydrogens (primary N) is 1. The van der Waals surface area contributed by atoms with E-state index in [0.717, 1.165) is 0 Å². The number of hydrogen-bond donors (Lipinski definition) is 2. The molecule has 1 rings (SSSR count). The maximum atomic E-state index is 13.3. The first kappa shape index (κ1) is 12.9. The number of hydrogen-bond acceptors (Lipinski definition) is 2. The zero-order chi connectivity index (χ0) is 12.1. The second-order valence-corrected chi connectivity index (χ2v) is 3.97. The molecule has 1 aromatic carbocycles. The van der Waals surface area contributed by atoms with Crippen LogP contribution in [0.15, 0.2) is 18.2 Å². The topological polar surface area (TPSA) is 55.1 Å². The molecule has 0 radical (unpaired) electrons. The molecule has 1 aromatic rings. The predicted molar refractivity (Wildman–Crippen MR) is 62.9 cm³/mol. The second-order valence-electron chi connectivity index (χ2n) is 3.56. The Morgan fingerprint density at radius 2 is 2.31 bits per heavy atom. The highest BCUT2D eigenvalue weighted by atomic mass is 35.5. The molecule has 1 atom stereocenters. The molecule has 0 aromatic heterocycles. The van der Waals surface area contributed by atoms with Crippen molar-refractivity contribution in [1.29, 1.82) is 0 Å². The molecule has 5 heteroatoms. The third kappa shape index (κ3) is 3.18. The van der Waals surface area contributed by atoms with E-state index in [2.05, 4.69) is 5.32 Å². The van der Waals surface area contributed by atoms with Crippen LogP contribution in [0.1, 0.15) is 13.3 Å². The molecule has 0 bridgehead atoms. The van der Waals surface area contributed by atoms with Gasteiger partial charge in [-0.1, -0.05) is 24.6 Å². The van der Waals surface area contributed by atoms with Crippen LogP contribution in [0.5, 0.6) is 0 Å². The number of carbonyl (C=O) groups excluding carboxylic acids is 1. The minimum Gasteiger partial charge on any atom is -0.330 e. The van der Waals surface area contributed by atoms with Crippen molar-refractivity contribution < 1.29 is 9.18 Å². The quantitative estimate of drug-likeness (QED) is 0.855. The van der Waals surface area contributed by atoms with Crippen molar-refractivity contribution in [3.8, 4) is 0 Å². The van der Waals surface area contributed by atoms with Crippen LogP contribution in [0.4, 0.5) is 10.1 Å². The standard InChI is InChI=1S/C11H14ClFN2O/c1-7(5-6-14)11(16)15-10-8(12)3-2-4-9(10)13/h2-4,7H,5-6,14H2,1H3,(H,15,16). The zero-order valence-electron chi connectivity index (χ0n) is 8.97. The van der Waals surface area contributed by atoms with Gasteiger partial charge in [0.25, 0.3) is 0 Å². The van der Waals surface area contributed by atoms with Crippen LogP contribution in [0.3, 0.4) is 0 Å². The average Bonchev–Trinajstić information content (AvgIpc) is 2.23. The predicted octanol–water partition coefficient (Wildman–Crippen LogP) is 2.40. The molecular weight excluding hydrogens is 231 g/mol. The largest absolute Gasteiger partial charge is 0.330 e. The van der Waals surface area contributed by atoms with Crippen LogP contribution in [0.2, 0.25) is 5.02 Å². The summed E-state index contributed by atoms with van der Waals surface area (Å²) in [7, 11) is 0. The average molecular weight is 245 g/mol. The molecule has 0 saturated carbocycles. The van der Waals surface area contributed by atoms with E-state index in [1.165, 1.54) is 18.2 Å². The highest BCUT2D eigenvalue weighted by Crippen LogP contribution is 2.25. The van der Waals surface area contributed by atoms with E-state index in [9.17, 15) is 9.18 Å². The Morgan fingerprint density at radius 1 is 1.62 bits per heavy atom.